The summed E-state index contributed by atoms with van der Waals surface area (Å²) in [6.45, 7) is 3.74. The van der Waals surface area contributed by atoms with Crippen molar-refractivity contribution in [3.63, 3.8) is 0 Å². The van der Waals surface area contributed by atoms with Gasteiger partial charge < -0.3 is 5.32 Å². The van der Waals surface area contributed by atoms with E-state index in [0.29, 0.717) is 12.1 Å². The fourth-order valence-corrected chi connectivity index (χ4v) is 4.76. The van der Waals surface area contributed by atoms with Crippen LogP contribution < -0.4 is 14.8 Å². The maximum atomic E-state index is 12.4. The van der Waals surface area contributed by atoms with E-state index in [1.807, 2.05) is 0 Å². The van der Waals surface area contributed by atoms with Crippen LogP contribution in [-0.4, -0.2) is 43.5 Å². The van der Waals surface area contributed by atoms with Crippen molar-refractivity contribution in [2.24, 2.45) is 5.92 Å². The molecule has 1 aliphatic heterocycles. The third-order valence-corrected chi connectivity index (χ3v) is 6.97. The van der Waals surface area contributed by atoms with Crippen molar-refractivity contribution in [3.8, 4) is 0 Å². The van der Waals surface area contributed by atoms with Gasteiger partial charge in [-0.25, -0.2) is 26.3 Å². The lowest BCUT2D eigenvalue weighted by molar-refractivity contribution is 0.376. The van der Waals surface area contributed by atoms with Gasteiger partial charge in [0.05, 0.1) is 9.79 Å². The van der Waals surface area contributed by atoms with Gasteiger partial charge in [-0.2, -0.15) is 0 Å². The Bertz CT molecular complexity index is 754. The van der Waals surface area contributed by atoms with Crippen LogP contribution >= 0.6 is 0 Å². The molecule has 1 aliphatic rings. The normalized spacial score (nSPS) is 19.7. The van der Waals surface area contributed by atoms with Gasteiger partial charge in [0.1, 0.15) is 0 Å². The van der Waals surface area contributed by atoms with Crippen LogP contribution in [0.3, 0.4) is 0 Å². The lowest BCUT2D eigenvalue weighted by atomic mass is 10.0. The molecule has 1 fully saturated rings. The number of benzene rings is 1. The Kier molecular flexibility index (Phi) is 5.79. The van der Waals surface area contributed by atoms with Crippen molar-refractivity contribution in [3.05, 3.63) is 23.8 Å². The zero-order valence-electron chi connectivity index (χ0n) is 13.3. The van der Waals surface area contributed by atoms with E-state index in [4.69, 9.17) is 0 Å². The number of hydrogen-bond acceptors (Lipinski definition) is 5. The first-order valence-corrected chi connectivity index (χ1v) is 10.5. The average Bonchev–Trinajstić information content (AvgIpc) is 2.53. The Labute approximate surface area is 138 Å². The number of hydrogen-bond donors (Lipinski definition) is 3. The van der Waals surface area contributed by atoms with Crippen molar-refractivity contribution < 1.29 is 16.8 Å². The van der Waals surface area contributed by atoms with Crippen molar-refractivity contribution >= 4 is 20.0 Å². The summed E-state index contributed by atoms with van der Waals surface area (Å²) in [5, 5.41) is 3.24. The van der Waals surface area contributed by atoms with E-state index in [-0.39, 0.29) is 15.7 Å². The van der Waals surface area contributed by atoms with Gasteiger partial charge in [0.25, 0.3) is 0 Å². The molecule has 23 heavy (non-hydrogen) atoms. The van der Waals surface area contributed by atoms with E-state index in [0.717, 1.165) is 25.9 Å². The molecule has 130 valence electrons. The number of piperidine rings is 1. The Morgan fingerprint density at radius 1 is 1.22 bits per heavy atom. The Morgan fingerprint density at radius 2 is 1.96 bits per heavy atom. The summed E-state index contributed by atoms with van der Waals surface area (Å²) >= 11 is 0. The van der Waals surface area contributed by atoms with Crippen LogP contribution in [0.5, 0.6) is 0 Å². The minimum Gasteiger partial charge on any atom is -0.316 e. The molecule has 0 bridgehead atoms. The second kappa shape index (κ2) is 7.27. The first-order chi connectivity index (χ1) is 10.8. The molecule has 1 heterocycles. The summed E-state index contributed by atoms with van der Waals surface area (Å²) in [6, 6.07) is 4.02. The van der Waals surface area contributed by atoms with Crippen molar-refractivity contribution in [1.29, 1.82) is 0 Å². The second-order valence-corrected chi connectivity index (χ2v) is 9.32. The minimum absolute atomic E-state index is 0.0776. The summed E-state index contributed by atoms with van der Waals surface area (Å²) in [5.41, 5.74) is 0.390. The number of rotatable bonds is 6. The molecule has 0 radical (unpaired) electrons. The van der Waals surface area contributed by atoms with E-state index in [1.165, 1.54) is 25.2 Å². The van der Waals surface area contributed by atoms with Crippen LogP contribution in [0.15, 0.2) is 28.0 Å². The molecule has 3 N–H and O–H groups in total. The molecule has 1 aromatic rings. The fourth-order valence-electron chi connectivity index (χ4n) is 2.61. The molecular formula is C14H23N3O4S2. The van der Waals surface area contributed by atoms with E-state index in [1.54, 1.807) is 6.92 Å². The molecule has 7 nitrogen and oxygen atoms in total. The van der Waals surface area contributed by atoms with Crippen LogP contribution in [0.1, 0.15) is 18.4 Å². The molecule has 2 rings (SSSR count). The van der Waals surface area contributed by atoms with E-state index in [9.17, 15) is 16.8 Å². The molecule has 1 aromatic carbocycles. The Balaban J connectivity index is 2.15. The highest BCUT2D eigenvalue weighted by Gasteiger charge is 2.21. The van der Waals surface area contributed by atoms with Crippen molar-refractivity contribution in [2.45, 2.75) is 29.6 Å². The summed E-state index contributed by atoms with van der Waals surface area (Å²) in [6.07, 6.45) is 2.04. The van der Waals surface area contributed by atoms with Gasteiger partial charge in [0.2, 0.25) is 20.0 Å². The Hall–Kier alpha value is -1.00. The van der Waals surface area contributed by atoms with Crippen molar-refractivity contribution in [2.75, 3.05) is 26.7 Å². The first kappa shape index (κ1) is 18.3. The van der Waals surface area contributed by atoms with Crippen LogP contribution in [0, 0.1) is 12.8 Å². The molecule has 0 amide bonds. The molecule has 1 atom stereocenters. The Morgan fingerprint density at radius 3 is 2.52 bits per heavy atom. The van der Waals surface area contributed by atoms with E-state index in [2.05, 4.69) is 14.8 Å². The monoisotopic (exact) mass is 361 g/mol. The highest BCUT2D eigenvalue weighted by molar-refractivity contribution is 7.90. The fraction of sp³-hybridized carbons (Fsp3) is 0.571. The molecular weight excluding hydrogens is 338 g/mol. The zero-order valence-corrected chi connectivity index (χ0v) is 14.9. The second-order valence-electron chi connectivity index (χ2n) is 5.70. The minimum atomic E-state index is -3.64. The zero-order chi connectivity index (χ0) is 17.1. The van der Waals surface area contributed by atoms with Gasteiger partial charge in [-0.05, 0) is 69.6 Å². The summed E-state index contributed by atoms with van der Waals surface area (Å²) in [5.74, 6) is 0.281. The smallest absolute Gasteiger partial charge is 0.240 e. The average molecular weight is 361 g/mol. The standard InChI is InChI=1S/C14H23N3O4S2/c1-11-8-13(5-6-14(11)23(20,21)15-2)22(18,19)17-10-12-4-3-7-16-9-12/h5-6,8,12,15-17H,3-4,7,9-10H2,1-2H3. The molecule has 0 saturated carbocycles. The summed E-state index contributed by atoms with van der Waals surface area (Å²) in [7, 11) is -5.92. The molecule has 0 aromatic heterocycles. The van der Waals surface area contributed by atoms with Gasteiger partial charge in [0.15, 0.2) is 0 Å². The third-order valence-electron chi connectivity index (χ3n) is 3.98. The summed E-state index contributed by atoms with van der Waals surface area (Å²) in [4.78, 5) is 0.157. The SMILES string of the molecule is CNS(=O)(=O)c1ccc(S(=O)(=O)NCC2CCCNC2)cc1C. The van der Waals surface area contributed by atoms with Crippen LogP contribution in [0.25, 0.3) is 0 Å². The van der Waals surface area contributed by atoms with Gasteiger partial charge in [0, 0.05) is 6.54 Å². The number of aryl methyl sites for hydroxylation is 1. The molecule has 9 heteroatoms. The molecule has 0 spiro atoms. The first-order valence-electron chi connectivity index (χ1n) is 7.51. The number of sulfonamides is 2. The predicted molar refractivity (Wildman–Crippen MR) is 88.2 cm³/mol. The molecule has 1 saturated heterocycles. The van der Waals surface area contributed by atoms with Crippen LogP contribution in [0.2, 0.25) is 0 Å². The maximum Gasteiger partial charge on any atom is 0.240 e. The highest BCUT2D eigenvalue weighted by atomic mass is 32.2. The number of nitrogens with one attached hydrogen (secondary N) is 3. The lowest BCUT2D eigenvalue weighted by Gasteiger charge is -2.22. The van der Waals surface area contributed by atoms with E-state index < -0.39 is 20.0 Å². The largest absolute Gasteiger partial charge is 0.316 e. The quantitative estimate of drug-likeness (QED) is 0.670. The maximum absolute atomic E-state index is 12.4. The topological polar surface area (TPSA) is 104 Å². The van der Waals surface area contributed by atoms with Crippen molar-refractivity contribution in [1.82, 2.24) is 14.8 Å². The van der Waals surface area contributed by atoms with Gasteiger partial charge in [-0.1, -0.05) is 0 Å². The third kappa shape index (κ3) is 4.51. The van der Waals surface area contributed by atoms with Gasteiger partial charge in [-0.3, -0.25) is 0 Å². The van der Waals surface area contributed by atoms with Gasteiger partial charge >= 0.3 is 0 Å². The van der Waals surface area contributed by atoms with Crippen LogP contribution in [0.4, 0.5) is 0 Å². The molecule has 0 aliphatic carbocycles. The van der Waals surface area contributed by atoms with Gasteiger partial charge in [-0.15, -0.1) is 0 Å². The lowest BCUT2D eigenvalue weighted by Crippen LogP contribution is -2.38. The van der Waals surface area contributed by atoms with Crippen LogP contribution in [-0.2, 0) is 20.0 Å². The summed E-state index contributed by atoms with van der Waals surface area (Å²) < 4.78 is 53.2. The highest BCUT2D eigenvalue weighted by Crippen LogP contribution is 2.19. The predicted octanol–water partition coefficient (Wildman–Crippen LogP) is 0.181. The molecule has 1 unspecified atom stereocenters. The van der Waals surface area contributed by atoms with E-state index >= 15 is 0 Å².